The van der Waals surface area contributed by atoms with Crippen LogP contribution in [0.4, 0.5) is 5.82 Å². The summed E-state index contributed by atoms with van der Waals surface area (Å²) < 4.78 is 12.8. The molecule has 2 aromatic rings. The fraction of sp³-hybridized carbons (Fsp3) is 0.429. The third-order valence-corrected chi connectivity index (χ3v) is 6.48. The molecule has 2 fully saturated rings. The maximum Gasteiger partial charge on any atom is 0.267 e. The van der Waals surface area contributed by atoms with Gasteiger partial charge in [0.15, 0.2) is 0 Å². The predicted molar refractivity (Wildman–Crippen MR) is 127 cm³/mol. The highest BCUT2D eigenvalue weighted by Gasteiger charge is 2.35. The molecule has 1 atom stereocenters. The summed E-state index contributed by atoms with van der Waals surface area (Å²) in [4.78, 5) is 32.7. The van der Waals surface area contributed by atoms with Crippen LogP contribution in [-0.2, 0) is 14.3 Å². The van der Waals surface area contributed by atoms with Crippen LogP contribution in [0.15, 0.2) is 34.1 Å². The number of aromatic nitrogens is 2. The Morgan fingerprint density at radius 3 is 3.03 bits per heavy atom. The number of nitrogens with zero attached hydrogens (tertiary/aromatic N) is 3. The molecule has 1 amide bonds. The average molecular weight is 477 g/mol. The van der Waals surface area contributed by atoms with E-state index >= 15 is 0 Å². The molecule has 170 valence electrons. The number of rotatable bonds is 9. The van der Waals surface area contributed by atoms with Crippen LogP contribution in [0.5, 0.6) is 0 Å². The van der Waals surface area contributed by atoms with E-state index in [4.69, 9.17) is 26.8 Å². The van der Waals surface area contributed by atoms with Gasteiger partial charge < -0.3 is 19.9 Å². The summed E-state index contributed by atoms with van der Waals surface area (Å²) >= 11 is 6.59. The lowest BCUT2D eigenvalue weighted by Gasteiger charge is -2.18. The number of pyridine rings is 1. The van der Waals surface area contributed by atoms with Gasteiger partial charge in [-0.15, -0.1) is 0 Å². The molecule has 0 unspecified atom stereocenters. The monoisotopic (exact) mass is 476 g/mol. The van der Waals surface area contributed by atoms with Gasteiger partial charge in [-0.05, 0) is 31.1 Å². The van der Waals surface area contributed by atoms with E-state index in [-0.39, 0.29) is 36.3 Å². The van der Waals surface area contributed by atoms with Crippen LogP contribution in [0.2, 0.25) is 0 Å². The highest BCUT2D eigenvalue weighted by atomic mass is 32.2. The predicted octanol–water partition coefficient (Wildman–Crippen LogP) is 1.50. The first-order valence-corrected chi connectivity index (χ1v) is 11.6. The molecule has 4 rings (SSSR count). The minimum Gasteiger partial charge on any atom is -0.394 e. The molecule has 0 saturated carbocycles. The molecule has 2 aliphatic heterocycles. The first kappa shape index (κ1) is 22.9. The molecule has 32 heavy (non-hydrogen) atoms. The molecule has 4 heterocycles. The van der Waals surface area contributed by atoms with Gasteiger partial charge in [-0.2, -0.15) is 0 Å². The van der Waals surface area contributed by atoms with Crippen molar-refractivity contribution < 1.29 is 19.4 Å². The van der Waals surface area contributed by atoms with E-state index in [1.54, 1.807) is 35.4 Å². The van der Waals surface area contributed by atoms with E-state index in [9.17, 15) is 9.59 Å². The highest BCUT2D eigenvalue weighted by molar-refractivity contribution is 8.26. The van der Waals surface area contributed by atoms with Gasteiger partial charge in [-0.1, -0.05) is 30.0 Å². The van der Waals surface area contributed by atoms with Crippen LogP contribution in [0.25, 0.3) is 11.7 Å². The van der Waals surface area contributed by atoms with E-state index in [1.807, 2.05) is 0 Å². The van der Waals surface area contributed by atoms with Crippen molar-refractivity contribution in [1.29, 1.82) is 0 Å². The normalized spacial score (nSPS) is 20.1. The number of amides is 1. The topological polar surface area (TPSA) is 105 Å². The Balaban J connectivity index is 1.63. The van der Waals surface area contributed by atoms with Crippen LogP contribution in [0, 0.1) is 0 Å². The quantitative estimate of drug-likeness (QED) is 0.316. The molecule has 2 N–H and O–H groups in total. The summed E-state index contributed by atoms with van der Waals surface area (Å²) in [7, 11) is 0. The molecular formula is C21H24N4O5S2. The van der Waals surface area contributed by atoms with Crippen LogP contribution < -0.4 is 10.9 Å². The third kappa shape index (κ3) is 5.02. The molecule has 11 heteroatoms. The number of aliphatic hydroxyl groups is 1. The maximum absolute atomic E-state index is 13.2. The molecule has 0 bridgehead atoms. The molecule has 0 aliphatic carbocycles. The van der Waals surface area contributed by atoms with Gasteiger partial charge in [0, 0.05) is 19.3 Å². The minimum absolute atomic E-state index is 0.0130. The number of nitrogens with one attached hydrogen (secondary N) is 1. The van der Waals surface area contributed by atoms with Gasteiger partial charge in [0.1, 0.15) is 15.8 Å². The van der Waals surface area contributed by atoms with Crippen molar-refractivity contribution in [1.82, 2.24) is 14.3 Å². The zero-order chi connectivity index (χ0) is 22.5. The van der Waals surface area contributed by atoms with Crippen molar-refractivity contribution in [3.8, 4) is 0 Å². The van der Waals surface area contributed by atoms with Crippen LogP contribution >= 0.6 is 24.0 Å². The second kappa shape index (κ2) is 10.5. The number of carbonyl (C=O) groups is 1. The number of carbonyl (C=O) groups excluding carboxylic acids is 1. The Labute approximate surface area is 194 Å². The number of hydrogen-bond donors (Lipinski definition) is 2. The molecule has 9 nitrogen and oxygen atoms in total. The Bertz CT molecular complexity index is 1100. The molecule has 0 spiro atoms. The Kier molecular flexibility index (Phi) is 7.53. The lowest BCUT2D eigenvalue weighted by molar-refractivity contribution is -0.123. The lowest BCUT2D eigenvalue weighted by Crippen LogP contribution is -2.35. The highest BCUT2D eigenvalue weighted by Crippen LogP contribution is 2.34. The number of aliphatic hydroxyl groups excluding tert-OH is 1. The second-order valence-corrected chi connectivity index (χ2v) is 8.97. The molecule has 2 aromatic heterocycles. The van der Waals surface area contributed by atoms with Gasteiger partial charge >= 0.3 is 0 Å². The fourth-order valence-corrected chi connectivity index (χ4v) is 4.81. The fourth-order valence-electron chi connectivity index (χ4n) is 3.56. The van der Waals surface area contributed by atoms with Crippen molar-refractivity contribution >= 4 is 51.7 Å². The van der Waals surface area contributed by atoms with E-state index in [1.165, 1.54) is 16.2 Å². The van der Waals surface area contributed by atoms with Crippen LogP contribution in [0.3, 0.4) is 0 Å². The van der Waals surface area contributed by atoms with Crippen molar-refractivity contribution in [2.24, 2.45) is 0 Å². The number of hydrogen-bond acceptors (Lipinski definition) is 9. The van der Waals surface area contributed by atoms with Gasteiger partial charge in [0.2, 0.25) is 0 Å². The molecule has 0 aromatic carbocycles. The zero-order valence-electron chi connectivity index (χ0n) is 17.4. The van der Waals surface area contributed by atoms with E-state index in [2.05, 4.69) is 10.3 Å². The number of anilines is 1. The van der Waals surface area contributed by atoms with Crippen molar-refractivity contribution in [2.75, 3.05) is 44.8 Å². The number of thiocarbonyl (C=S) groups is 1. The van der Waals surface area contributed by atoms with Crippen LogP contribution in [0.1, 0.15) is 18.4 Å². The molecule has 2 aliphatic rings. The van der Waals surface area contributed by atoms with E-state index < -0.39 is 0 Å². The van der Waals surface area contributed by atoms with Crippen LogP contribution in [-0.4, -0.2) is 75.2 Å². The number of thioether (sulfide) groups is 1. The number of ether oxygens (including phenoxy) is 2. The zero-order valence-corrected chi connectivity index (χ0v) is 19.0. The van der Waals surface area contributed by atoms with Gasteiger partial charge in [-0.25, -0.2) is 4.98 Å². The van der Waals surface area contributed by atoms with Crippen molar-refractivity contribution in [2.45, 2.75) is 18.9 Å². The Morgan fingerprint density at radius 1 is 1.38 bits per heavy atom. The van der Waals surface area contributed by atoms with Crippen molar-refractivity contribution in [3.63, 3.8) is 0 Å². The van der Waals surface area contributed by atoms with Crippen molar-refractivity contribution in [3.05, 3.63) is 45.2 Å². The van der Waals surface area contributed by atoms with E-state index in [0.29, 0.717) is 47.0 Å². The Hall–Kier alpha value is -2.31. The maximum atomic E-state index is 13.2. The summed E-state index contributed by atoms with van der Waals surface area (Å²) in [5.41, 5.74) is 0.464. The van der Waals surface area contributed by atoms with E-state index in [0.717, 1.165) is 12.8 Å². The third-order valence-electron chi connectivity index (χ3n) is 5.10. The first-order valence-electron chi connectivity index (χ1n) is 10.4. The summed E-state index contributed by atoms with van der Waals surface area (Å²) in [5, 5.41) is 11.9. The van der Waals surface area contributed by atoms with Gasteiger partial charge in [0.25, 0.3) is 11.5 Å². The molecular weight excluding hydrogens is 452 g/mol. The minimum atomic E-state index is -0.293. The SMILES string of the molecule is O=C1/C(=C/c2c(NCCOCCO)nc3ccccn3c2=O)SC(=S)N1C[C@@H]1CCCO1. The standard InChI is InChI=1S/C21H24N4O5S2/c26-8-11-29-10-6-22-18-15(19(27)24-7-2-1-5-17(24)23-18)12-16-20(28)25(21(31)32-16)13-14-4-3-9-30-14/h1-2,5,7,12,14,22,26H,3-4,6,8-11,13H2/b16-12-/t14-/m0/s1. The largest absolute Gasteiger partial charge is 0.394 e. The second-order valence-electron chi connectivity index (χ2n) is 7.30. The van der Waals surface area contributed by atoms with Gasteiger partial charge in [0.05, 0.1) is 42.9 Å². The Morgan fingerprint density at radius 2 is 2.25 bits per heavy atom. The summed E-state index contributed by atoms with van der Waals surface area (Å²) in [6.45, 7) is 2.01. The summed E-state index contributed by atoms with van der Waals surface area (Å²) in [5.74, 6) is 0.128. The smallest absolute Gasteiger partial charge is 0.267 e. The lowest BCUT2D eigenvalue weighted by atomic mass is 10.2. The van der Waals surface area contributed by atoms with Gasteiger partial charge in [-0.3, -0.25) is 18.9 Å². The summed E-state index contributed by atoms with van der Waals surface area (Å²) in [6.07, 6.45) is 5.06. The average Bonchev–Trinajstić information content (AvgIpc) is 3.40. The molecule has 2 saturated heterocycles. The summed E-state index contributed by atoms with van der Waals surface area (Å²) in [6, 6.07) is 5.28. The number of fused-ring (bicyclic) bond motifs is 1. The molecule has 0 radical (unpaired) electrons. The first-order chi connectivity index (χ1) is 15.6.